The van der Waals surface area contributed by atoms with Crippen molar-refractivity contribution in [1.29, 1.82) is 0 Å². The molecule has 0 aromatic heterocycles. The Kier molecular flexibility index (Phi) is 65.8. The number of carbonyl (C=O) groups is 3. The van der Waals surface area contributed by atoms with Crippen LogP contribution in [-0.2, 0) is 28.6 Å². The predicted molar refractivity (Wildman–Crippen MR) is 357 cm³/mol. The molecule has 0 amide bonds. The minimum absolute atomic E-state index is 0.0899. The fourth-order valence-corrected chi connectivity index (χ4v) is 9.62. The van der Waals surface area contributed by atoms with Crippen molar-refractivity contribution >= 4 is 17.9 Å². The van der Waals surface area contributed by atoms with E-state index in [0.29, 0.717) is 19.3 Å². The summed E-state index contributed by atoms with van der Waals surface area (Å²) in [5.74, 6) is -0.914. The molecule has 1 atom stereocenters. The largest absolute Gasteiger partial charge is 0.462 e. The molecule has 0 aliphatic carbocycles. The average Bonchev–Trinajstić information content (AvgIpc) is 3.47. The van der Waals surface area contributed by atoms with Gasteiger partial charge < -0.3 is 14.2 Å². The number of carbonyl (C=O) groups excluding carboxylic acids is 3. The third-order valence-electron chi connectivity index (χ3n) is 14.7. The van der Waals surface area contributed by atoms with Crippen LogP contribution in [0.2, 0.25) is 0 Å². The fourth-order valence-electron chi connectivity index (χ4n) is 9.62. The van der Waals surface area contributed by atoms with Gasteiger partial charge in [0, 0.05) is 19.3 Å². The van der Waals surface area contributed by atoms with E-state index in [1.807, 2.05) is 0 Å². The summed E-state index contributed by atoms with van der Waals surface area (Å²) in [5, 5.41) is 0. The van der Waals surface area contributed by atoms with Crippen LogP contribution in [0, 0.1) is 0 Å². The van der Waals surface area contributed by atoms with E-state index in [-0.39, 0.29) is 31.1 Å². The second kappa shape index (κ2) is 69.3. The van der Waals surface area contributed by atoms with Crippen LogP contribution in [0.1, 0.15) is 323 Å². The Morgan fingerprint density at radius 3 is 0.756 bits per heavy atom. The summed E-state index contributed by atoms with van der Waals surface area (Å²) in [4.78, 5) is 38.4. The molecule has 0 aromatic rings. The average molecular weight is 1140 g/mol. The quantitative estimate of drug-likeness (QED) is 0.0261. The highest BCUT2D eigenvalue weighted by atomic mass is 16.6. The lowest BCUT2D eigenvalue weighted by Crippen LogP contribution is -2.30. The molecule has 0 aliphatic rings. The van der Waals surface area contributed by atoms with E-state index < -0.39 is 6.10 Å². The van der Waals surface area contributed by atoms with Crippen molar-refractivity contribution in [2.45, 2.75) is 329 Å². The monoisotopic (exact) mass is 1140 g/mol. The Balaban J connectivity index is 4.30. The van der Waals surface area contributed by atoms with E-state index in [1.165, 1.54) is 148 Å². The first kappa shape index (κ1) is 77.8. The molecule has 82 heavy (non-hydrogen) atoms. The number of hydrogen-bond donors (Lipinski definition) is 0. The number of unbranched alkanes of at least 4 members (excludes halogenated alkanes) is 31. The maximum Gasteiger partial charge on any atom is 0.306 e. The summed E-state index contributed by atoms with van der Waals surface area (Å²) in [5.41, 5.74) is 0. The Bertz CT molecular complexity index is 1690. The van der Waals surface area contributed by atoms with Gasteiger partial charge >= 0.3 is 17.9 Å². The van der Waals surface area contributed by atoms with Crippen LogP contribution < -0.4 is 0 Å². The molecule has 0 aromatic carbocycles. The van der Waals surface area contributed by atoms with Crippen molar-refractivity contribution in [2.24, 2.45) is 0 Å². The first-order valence-corrected chi connectivity index (χ1v) is 34.5. The number of hydrogen-bond acceptors (Lipinski definition) is 6. The zero-order valence-corrected chi connectivity index (χ0v) is 53.7. The molecule has 0 fully saturated rings. The number of allylic oxidation sites excluding steroid dienone is 20. The minimum atomic E-state index is -0.795. The standard InChI is InChI=1S/C76H128O6/c1-4-7-10-13-16-19-22-25-27-29-31-33-34-35-36-37-38-39-40-41-42-43-45-46-48-51-54-57-60-63-66-69-75(78)81-72-73(71-80-74(77)68-65-62-59-56-53-50-24-21-18-15-12-9-6-3)82-76(79)70-67-64-61-58-55-52-49-47-44-32-30-28-26-23-20-17-14-11-8-5-2/h7,9-10,12,16,18-19,21,25,27,31,33,35-36,38-39,41-42,50,53,73H,4-6,8,11,13-15,17,20,22-24,26,28-30,32,34,37,40,43-49,51-52,54-72H2,1-3H3/b10-7-,12-9-,19-16-,21-18-,27-25-,33-31-,36-35-,39-38-,42-41-,53-50-. The lowest BCUT2D eigenvalue weighted by atomic mass is 10.0. The van der Waals surface area contributed by atoms with Crippen molar-refractivity contribution in [3.63, 3.8) is 0 Å². The maximum atomic E-state index is 12.9. The van der Waals surface area contributed by atoms with Gasteiger partial charge in [-0.2, -0.15) is 0 Å². The smallest absolute Gasteiger partial charge is 0.306 e. The summed E-state index contributed by atoms with van der Waals surface area (Å²) in [7, 11) is 0. The van der Waals surface area contributed by atoms with Gasteiger partial charge in [0.1, 0.15) is 13.2 Å². The van der Waals surface area contributed by atoms with Crippen molar-refractivity contribution < 1.29 is 28.6 Å². The van der Waals surface area contributed by atoms with Gasteiger partial charge in [0.15, 0.2) is 6.10 Å². The second-order valence-corrected chi connectivity index (χ2v) is 22.7. The molecule has 0 rings (SSSR count). The molecule has 0 heterocycles. The van der Waals surface area contributed by atoms with E-state index in [4.69, 9.17) is 14.2 Å². The molecule has 0 aliphatic heterocycles. The topological polar surface area (TPSA) is 78.9 Å². The van der Waals surface area contributed by atoms with E-state index in [9.17, 15) is 14.4 Å². The van der Waals surface area contributed by atoms with E-state index in [0.717, 1.165) is 135 Å². The normalized spacial score (nSPS) is 12.9. The van der Waals surface area contributed by atoms with E-state index >= 15 is 0 Å². The van der Waals surface area contributed by atoms with Crippen LogP contribution in [0.15, 0.2) is 122 Å². The van der Waals surface area contributed by atoms with Crippen molar-refractivity contribution in [3.8, 4) is 0 Å². The molecular weight excluding hydrogens is 1010 g/mol. The van der Waals surface area contributed by atoms with Crippen LogP contribution in [0.3, 0.4) is 0 Å². The number of rotatable bonds is 62. The third kappa shape index (κ3) is 66.6. The molecule has 468 valence electrons. The first-order valence-electron chi connectivity index (χ1n) is 34.5. The summed E-state index contributed by atoms with van der Waals surface area (Å²) in [6.07, 6.45) is 96.5. The molecular formula is C76H128O6. The van der Waals surface area contributed by atoms with Crippen molar-refractivity contribution in [3.05, 3.63) is 122 Å². The maximum absolute atomic E-state index is 12.9. The summed E-state index contributed by atoms with van der Waals surface area (Å²) < 4.78 is 16.9. The van der Waals surface area contributed by atoms with Crippen LogP contribution in [0.4, 0.5) is 0 Å². The van der Waals surface area contributed by atoms with Gasteiger partial charge in [0.2, 0.25) is 0 Å². The molecule has 1 unspecified atom stereocenters. The van der Waals surface area contributed by atoms with Crippen molar-refractivity contribution in [1.82, 2.24) is 0 Å². The Labute approximate surface area is 507 Å². The fraction of sp³-hybridized carbons (Fsp3) is 0.697. The van der Waals surface area contributed by atoms with Crippen molar-refractivity contribution in [2.75, 3.05) is 13.2 Å². The van der Waals surface area contributed by atoms with Crippen LogP contribution >= 0.6 is 0 Å². The van der Waals surface area contributed by atoms with Gasteiger partial charge in [-0.3, -0.25) is 14.4 Å². The molecule has 0 radical (unpaired) electrons. The van der Waals surface area contributed by atoms with Gasteiger partial charge in [-0.15, -0.1) is 0 Å². The molecule has 0 saturated heterocycles. The molecule has 6 nitrogen and oxygen atoms in total. The zero-order valence-electron chi connectivity index (χ0n) is 53.7. The second-order valence-electron chi connectivity index (χ2n) is 22.7. The minimum Gasteiger partial charge on any atom is -0.462 e. The van der Waals surface area contributed by atoms with Gasteiger partial charge in [-0.05, 0) is 109 Å². The molecule has 6 heteroatoms. The van der Waals surface area contributed by atoms with Gasteiger partial charge in [-0.1, -0.05) is 316 Å². The molecule has 0 saturated carbocycles. The third-order valence-corrected chi connectivity index (χ3v) is 14.7. The summed E-state index contributed by atoms with van der Waals surface area (Å²) in [6.45, 7) is 6.41. The Morgan fingerprint density at radius 1 is 0.256 bits per heavy atom. The highest BCUT2D eigenvalue weighted by molar-refractivity contribution is 5.71. The molecule has 0 spiro atoms. The first-order chi connectivity index (χ1) is 40.5. The Morgan fingerprint density at radius 2 is 0.476 bits per heavy atom. The lowest BCUT2D eigenvalue weighted by molar-refractivity contribution is -0.167. The van der Waals surface area contributed by atoms with Crippen LogP contribution in [0.25, 0.3) is 0 Å². The van der Waals surface area contributed by atoms with E-state index in [1.54, 1.807) is 0 Å². The summed E-state index contributed by atoms with van der Waals surface area (Å²) in [6, 6.07) is 0. The van der Waals surface area contributed by atoms with Crippen LogP contribution in [0.5, 0.6) is 0 Å². The Hall–Kier alpha value is -4.19. The lowest BCUT2D eigenvalue weighted by Gasteiger charge is -2.18. The molecule has 0 bridgehead atoms. The highest BCUT2D eigenvalue weighted by Crippen LogP contribution is 2.17. The van der Waals surface area contributed by atoms with Gasteiger partial charge in [0.05, 0.1) is 0 Å². The zero-order chi connectivity index (χ0) is 59.2. The number of ether oxygens (including phenoxy) is 3. The SMILES string of the molecule is CC/C=C\C/C=C\C/C=C\C/C=C\C/C=C\C/C=C\C/C=C\CCCCCCCCCCCC(=O)OCC(COC(=O)CCCCC/C=C\C/C=C\C/C=C\CC)OC(=O)CCCCCCCCCCCCCCCCCCCCCC. The predicted octanol–water partition coefficient (Wildman–Crippen LogP) is 23.9. The number of esters is 3. The van der Waals surface area contributed by atoms with Gasteiger partial charge in [0.25, 0.3) is 0 Å². The molecule has 0 N–H and O–H groups in total. The van der Waals surface area contributed by atoms with Crippen LogP contribution in [-0.4, -0.2) is 37.2 Å². The highest BCUT2D eigenvalue weighted by Gasteiger charge is 2.19. The van der Waals surface area contributed by atoms with E-state index in [2.05, 4.69) is 142 Å². The van der Waals surface area contributed by atoms with Gasteiger partial charge in [-0.25, -0.2) is 0 Å². The summed E-state index contributed by atoms with van der Waals surface area (Å²) >= 11 is 0.